The standard InChI is InChI=1S/C26H24N2OS/c1-25(18-29,22-16-10-5-11-17-22)24-26(2,27-19-30-24)28-23(20-12-6-3-7-13-20)21-14-8-4-9-15-21/h3-19,24H,1-2H3. The van der Waals surface area contributed by atoms with Crippen molar-refractivity contribution >= 4 is 29.3 Å². The topological polar surface area (TPSA) is 41.8 Å². The van der Waals surface area contributed by atoms with E-state index in [-0.39, 0.29) is 5.25 Å². The van der Waals surface area contributed by atoms with Gasteiger partial charge < -0.3 is 4.79 Å². The number of aldehydes is 1. The van der Waals surface area contributed by atoms with Crippen molar-refractivity contribution in [2.24, 2.45) is 9.98 Å². The Labute approximate surface area is 182 Å². The second-order valence-electron chi connectivity index (χ2n) is 7.80. The number of carbonyl (C=O) groups is 1. The normalized spacial score (nSPS) is 22.3. The Morgan fingerprint density at radius 2 is 1.43 bits per heavy atom. The van der Waals surface area contributed by atoms with Crippen molar-refractivity contribution < 1.29 is 4.79 Å². The SMILES string of the molecule is CC1(N=C(c2ccccc2)c2ccccc2)N=CSC1C(C)(C=O)c1ccccc1. The molecule has 4 heteroatoms. The average molecular weight is 413 g/mol. The Bertz CT molecular complexity index is 1020. The monoisotopic (exact) mass is 412 g/mol. The zero-order valence-electron chi connectivity index (χ0n) is 17.1. The highest BCUT2D eigenvalue weighted by Gasteiger charge is 2.50. The first kappa shape index (κ1) is 20.3. The Balaban J connectivity index is 1.84. The molecule has 3 atom stereocenters. The van der Waals surface area contributed by atoms with Gasteiger partial charge in [0, 0.05) is 11.1 Å². The highest BCUT2D eigenvalue weighted by molar-refractivity contribution is 8.13. The second kappa shape index (κ2) is 8.41. The summed E-state index contributed by atoms with van der Waals surface area (Å²) in [6, 6.07) is 30.2. The quantitative estimate of drug-likeness (QED) is 0.394. The minimum absolute atomic E-state index is 0.160. The van der Waals surface area contributed by atoms with Crippen LogP contribution in [0.1, 0.15) is 30.5 Å². The molecular formula is C26H24N2OS. The molecule has 0 saturated carbocycles. The van der Waals surface area contributed by atoms with Gasteiger partial charge in [-0.2, -0.15) is 0 Å². The summed E-state index contributed by atoms with van der Waals surface area (Å²) in [5.41, 5.74) is 4.25. The first-order valence-electron chi connectivity index (χ1n) is 9.98. The molecule has 0 aliphatic carbocycles. The van der Waals surface area contributed by atoms with Crippen LogP contribution in [0.3, 0.4) is 0 Å². The third kappa shape index (κ3) is 3.75. The van der Waals surface area contributed by atoms with Gasteiger partial charge in [0.05, 0.1) is 21.9 Å². The molecule has 0 amide bonds. The van der Waals surface area contributed by atoms with Crippen LogP contribution in [0, 0.1) is 0 Å². The average Bonchev–Trinajstić information content (AvgIpc) is 3.20. The molecule has 0 saturated heterocycles. The van der Waals surface area contributed by atoms with Crippen molar-refractivity contribution in [2.75, 3.05) is 0 Å². The lowest BCUT2D eigenvalue weighted by molar-refractivity contribution is -0.112. The van der Waals surface area contributed by atoms with E-state index in [1.165, 1.54) is 0 Å². The summed E-state index contributed by atoms with van der Waals surface area (Å²) < 4.78 is 0. The van der Waals surface area contributed by atoms with Crippen molar-refractivity contribution in [1.29, 1.82) is 0 Å². The molecular weight excluding hydrogens is 388 g/mol. The molecule has 1 heterocycles. The van der Waals surface area contributed by atoms with Crippen molar-refractivity contribution in [3.8, 4) is 0 Å². The zero-order chi connectivity index (χ0) is 21.0. The maximum atomic E-state index is 12.4. The molecule has 0 radical (unpaired) electrons. The maximum Gasteiger partial charge on any atom is 0.162 e. The molecule has 0 aromatic heterocycles. The summed E-state index contributed by atoms with van der Waals surface area (Å²) in [5.74, 6) is 0. The Kier molecular flexibility index (Phi) is 5.69. The fourth-order valence-electron chi connectivity index (χ4n) is 3.98. The first-order chi connectivity index (χ1) is 14.6. The van der Waals surface area contributed by atoms with Gasteiger partial charge in [-0.15, -0.1) is 11.8 Å². The fraction of sp³-hybridized carbons (Fsp3) is 0.192. The summed E-state index contributed by atoms with van der Waals surface area (Å²) in [7, 11) is 0. The highest BCUT2D eigenvalue weighted by atomic mass is 32.2. The van der Waals surface area contributed by atoms with E-state index < -0.39 is 11.1 Å². The van der Waals surface area contributed by atoms with E-state index in [1.807, 2.05) is 86.1 Å². The number of benzene rings is 3. The van der Waals surface area contributed by atoms with Gasteiger partial charge in [0.1, 0.15) is 6.29 Å². The van der Waals surface area contributed by atoms with Crippen LogP contribution in [0.25, 0.3) is 0 Å². The second-order valence-corrected chi connectivity index (χ2v) is 8.76. The smallest absolute Gasteiger partial charge is 0.162 e. The van der Waals surface area contributed by atoms with Gasteiger partial charge in [-0.1, -0.05) is 91.0 Å². The molecule has 150 valence electrons. The Morgan fingerprint density at radius 1 is 0.933 bits per heavy atom. The Hall–Kier alpha value is -2.98. The summed E-state index contributed by atoms with van der Waals surface area (Å²) >= 11 is 1.58. The molecule has 4 rings (SSSR count). The number of thioether (sulfide) groups is 1. The lowest BCUT2D eigenvalue weighted by Crippen LogP contribution is -2.47. The van der Waals surface area contributed by atoms with Gasteiger partial charge in [-0.25, -0.2) is 0 Å². The lowest BCUT2D eigenvalue weighted by Gasteiger charge is -2.37. The summed E-state index contributed by atoms with van der Waals surface area (Å²) in [6.45, 7) is 4.00. The van der Waals surface area contributed by atoms with Crippen molar-refractivity contribution in [3.05, 3.63) is 108 Å². The molecule has 0 fully saturated rings. The van der Waals surface area contributed by atoms with Crippen LogP contribution < -0.4 is 0 Å². The fourth-order valence-corrected chi connectivity index (χ4v) is 5.23. The van der Waals surface area contributed by atoms with E-state index in [0.717, 1.165) is 28.7 Å². The van der Waals surface area contributed by atoms with Gasteiger partial charge in [-0.05, 0) is 19.4 Å². The van der Waals surface area contributed by atoms with Crippen molar-refractivity contribution in [2.45, 2.75) is 30.2 Å². The van der Waals surface area contributed by atoms with Crippen LogP contribution in [0.5, 0.6) is 0 Å². The van der Waals surface area contributed by atoms with E-state index in [1.54, 1.807) is 11.8 Å². The van der Waals surface area contributed by atoms with E-state index >= 15 is 0 Å². The molecule has 3 unspecified atom stereocenters. The zero-order valence-corrected chi connectivity index (χ0v) is 17.9. The molecule has 0 N–H and O–H groups in total. The number of rotatable bonds is 6. The largest absolute Gasteiger partial charge is 0.302 e. The summed E-state index contributed by atoms with van der Waals surface area (Å²) in [5, 5.41) is -0.160. The molecule has 3 aromatic rings. The minimum Gasteiger partial charge on any atom is -0.302 e. The first-order valence-corrected chi connectivity index (χ1v) is 10.9. The van der Waals surface area contributed by atoms with E-state index in [4.69, 9.17) is 9.98 Å². The minimum atomic E-state index is -0.781. The van der Waals surface area contributed by atoms with Gasteiger partial charge in [0.15, 0.2) is 5.66 Å². The van der Waals surface area contributed by atoms with E-state index in [9.17, 15) is 4.79 Å². The number of nitrogens with zero attached hydrogens (tertiary/aromatic N) is 2. The predicted octanol–water partition coefficient (Wildman–Crippen LogP) is 5.54. The third-order valence-electron chi connectivity index (χ3n) is 5.63. The lowest BCUT2D eigenvalue weighted by atomic mass is 9.76. The molecule has 0 spiro atoms. The molecule has 1 aliphatic rings. The van der Waals surface area contributed by atoms with Gasteiger partial charge in [0.2, 0.25) is 0 Å². The number of hydrogen-bond acceptors (Lipinski definition) is 4. The highest BCUT2D eigenvalue weighted by Crippen LogP contribution is 2.45. The van der Waals surface area contributed by atoms with Crippen LogP contribution in [0.15, 0.2) is 101 Å². The van der Waals surface area contributed by atoms with E-state index in [0.29, 0.717) is 0 Å². The van der Waals surface area contributed by atoms with Crippen molar-refractivity contribution in [1.82, 2.24) is 0 Å². The summed E-state index contributed by atoms with van der Waals surface area (Å²) in [4.78, 5) is 22.4. The molecule has 0 bridgehead atoms. The van der Waals surface area contributed by atoms with Gasteiger partial charge >= 0.3 is 0 Å². The third-order valence-corrected chi connectivity index (χ3v) is 7.06. The van der Waals surface area contributed by atoms with E-state index in [2.05, 4.69) is 24.3 Å². The van der Waals surface area contributed by atoms with Crippen LogP contribution in [-0.4, -0.2) is 28.5 Å². The molecule has 1 aliphatic heterocycles. The Morgan fingerprint density at radius 3 is 1.93 bits per heavy atom. The molecule has 30 heavy (non-hydrogen) atoms. The van der Waals surface area contributed by atoms with Crippen LogP contribution in [0.4, 0.5) is 0 Å². The number of hydrogen-bond donors (Lipinski definition) is 0. The van der Waals surface area contributed by atoms with Gasteiger partial charge in [0.25, 0.3) is 0 Å². The van der Waals surface area contributed by atoms with Crippen LogP contribution in [0.2, 0.25) is 0 Å². The predicted molar refractivity (Wildman–Crippen MR) is 127 cm³/mol. The summed E-state index contributed by atoms with van der Waals surface area (Å²) in [6.07, 6.45) is 1.05. The number of carbonyl (C=O) groups excluding carboxylic acids is 1. The molecule has 3 nitrogen and oxygen atoms in total. The van der Waals surface area contributed by atoms with Crippen molar-refractivity contribution in [3.63, 3.8) is 0 Å². The van der Waals surface area contributed by atoms with Crippen LogP contribution in [-0.2, 0) is 10.2 Å². The number of aliphatic imine (C=N–C) groups is 2. The van der Waals surface area contributed by atoms with Gasteiger partial charge in [-0.3, -0.25) is 9.98 Å². The maximum absolute atomic E-state index is 12.4. The molecule has 3 aromatic carbocycles. The van der Waals surface area contributed by atoms with Crippen LogP contribution >= 0.6 is 11.8 Å².